The first-order valence-electron chi connectivity index (χ1n) is 7.83. The lowest BCUT2D eigenvalue weighted by Crippen LogP contribution is -2.14. The first kappa shape index (κ1) is 18.2. The number of pyridine rings is 1. The van der Waals surface area contributed by atoms with E-state index < -0.39 is 10.0 Å². The van der Waals surface area contributed by atoms with Crippen LogP contribution in [0.1, 0.15) is 12.6 Å². The number of aryl methyl sites for hydroxylation is 2. The van der Waals surface area contributed by atoms with Crippen molar-refractivity contribution in [2.24, 2.45) is 0 Å². The fourth-order valence-corrected chi connectivity index (χ4v) is 3.75. The molecule has 0 amide bonds. The van der Waals surface area contributed by atoms with Crippen molar-refractivity contribution in [1.29, 1.82) is 0 Å². The molecule has 7 nitrogen and oxygen atoms in total. The van der Waals surface area contributed by atoms with Crippen LogP contribution in [0.3, 0.4) is 0 Å². The molecule has 2 aromatic heterocycles. The minimum atomic E-state index is -3.85. The highest BCUT2D eigenvalue weighted by molar-refractivity contribution is 7.92. The smallest absolute Gasteiger partial charge is 0.265 e. The van der Waals surface area contributed by atoms with Gasteiger partial charge in [-0.15, -0.1) is 0 Å². The van der Waals surface area contributed by atoms with Gasteiger partial charge in [0, 0.05) is 24.0 Å². The molecule has 0 fully saturated rings. The number of rotatable bonds is 6. The molecule has 1 N–H and O–H groups in total. The van der Waals surface area contributed by atoms with E-state index in [0.717, 1.165) is 0 Å². The summed E-state index contributed by atoms with van der Waals surface area (Å²) in [6, 6.07) is 8.14. The minimum absolute atomic E-state index is 0.103. The molecule has 0 saturated carbocycles. The minimum Gasteiger partial charge on any atom is -0.454 e. The molecule has 9 heteroatoms. The van der Waals surface area contributed by atoms with Crippen molar-refractivity contribution in [1.82, 2.24) is 14.8 Å². The molecule has 0 atom stereocenters. The van der Waals surface area contributed by atoms with Gasteiger partial charge in [0.2, 0.25) is 0 Å². The molecule has 3 rings (SSSR count). The highest BCUT2D eigenvalue weighted by atomic mass is 35.5. The number of aromatic nitrogens is 3. The maximum Gasteiger partial charge on any atom is 0.265 e. The number of hydrogen-bond acceptors (Lipinski definition) is 5. The summed E-state index contributed by atoms with van der Waals surface area (Å²) < 4.78 is 35.4. The molecule has 0 saturated heterocycles. The Morgan fingerprint density at radius 3 is 2.77 bits per heavy atom. The van der Waals surface area contributed by atoms with Gasteiger partial charge in [0.25, 0.3) is 10.0 Å². The SMILES string of the molecule is CCn1cc(S(=O)(=O)Nc2cc(Cl)ccc2Oc2cccnc2)c(C)n1. The fraction of sp³-hybridized carbons (Fsp3) is 0.176. The summed E-state index contributed by atoms with van der Waals surface area (Å²) in [6.45, 7) is 4.10. The van der Waals surface area contributed by atoms with E-state index in [9.17, 15) is 8.42 Å². The molecule has 0 radical (unpaired) electrons. The lowest BCUT2D eigenvalue weighted by molar-refractivity contribution is 0.482. The Balaban J connectivity index is 1.95. The van der Waals surface area contributed by atoms with E-state index in [1.807, 2.05) is 6.92 Å². The number of benzene rings is 1. The lowest BCUT2D eigenvalue weighted by atomic mass is 10.3. The van der Waals surface area contributed by atoms with Gasteiger partial charge in [-0.25, -0.2) is 8.42 Å². The molecule has 136 valence electrons. The topological polar surface area (TPSA) is 86.1 Å². The summed E-state index contributed by atoms with van der Waals surface area (Å²) >= 11 is 6.03. The number of nitrogens with one attached hydrogen (secondary N) is 1. The second kappa shape index (κ2) is 7.35. The Hall–Kier alpha value is -2.58. The molecule has 0 aliphatic rings. The highest BCUT2D eigenvalue weighted by Gasteiger charge is 2.22. The monoisotopic (exact) mass is 392 g/mol. The van der Waals surface area contributed by atoms with Gasteiger partial charge in [-0.3, -0.25) is 14.4 Å². The third kappa shape index (κ3) is 3.97. The summed E-state index contributed by atoms with van der Waals surface area (Å²) in [6.07, 6.45) is 4.64. The molecule has 1 aromatic carbocycles. The van der Waals surface area contributed by atoms with E-state index in [0.29, 0.717) is 28.8 Å². The van der Waals surface area contributed by atoms with Crippen LogP contribution in [-0.4, -0.2) is 23.2 Å². The average Bonchev–Trinajstić information content (AvgIpc) is 3.00. The van der Waals surface area contributed by atoms with Gasteiger partial charge in [-0.05, 0) is 44.2 Å². The lowest BCUT2D eigenvalue weighted by Gasteiger charge is -2.13. The third-order valence-corrected chi connectivity index (χ3v) is 5.27. The number of hydrogen-bond donors (Lipinski definition) is 1. The van der Waals surface area contributed by atoms with Gasteiger partial charge in [-0.2, -0.15) is 5.10 Å². The van der Waals surface area contributed by atoms with Crippen molar-refractivity contribution in [3.05, 3.63) is 59.6 Å². The number of anilines is 1. The summed E-state index contributed by atoms with van der Waals surface area (Å²) in [7, 11) is -3.85. The first-order valence-corrected chi connectivity index (χ1v) is 9.69. The number of ether oxygens (including phenoxy) is 1. The second-order valence-corrected chi connectivity index (χ2v) is 7.56. The Bertz CT molecular complexity index is 1020. The fourth-order valence-electron chi connectivity index (χ4n) is 2.33. The Morgan fingerprint density at radius 2 is 2.12 bits per heavy atom. The van der Waals surface area contributed by atoms with E-state index in [1.54, 1.807) is 42.1 Å². The van der Waals surface area contributed by atoms with Crippen LogP contribution < -0.4 is 9.46 Å². The van der Waals surface area contributed by atoms with Gasteiger partial charge in [0.15, 0.2) is 5.75 Å². The second-order valence-electron chi connectivity index (χ2n) is 5.47. The predicted molar refractivity (Wildman–Crippen MR) is 99.2 cm³/mol. The highest BCUT2D eigenvalue weighted by Crippen LogP contribution is 2.33. The van der Waals surface area contributed by atoms with Crippen LogP contribution in [0.15, 0.2) is 53.8 Å². The van der Waals surface area contributed by atoms with Crippen LogP contribution >= 0.6 is 11.6 Å². The number of halogens is 1. The Labute approximate surface area is 156 Å². The molecular formula is C17H17ClN4O3S. The van der Waals surface area contributed by atoms with Gasteiger partial charge in [-0.1, -0.05) is 11.6 Å². The molecular weight excluding hydrogens is 376 g/mol. The van der Waals surface area contributed by atoms with Gasteiger partial charge in [0.05, 0.1) is 17.6 Å². The summed E-state index contributed by atoms with van der Waals surface area (Å²) in [5.74, 6) is 0.789. The van der Waals surface area contributed by atoms with Crippen LogP contribution in [0.4, 0.5) is 5.69 Å². The van der Waals surface area contributed by atoms with Gasteiger partial charge < -0.3 is 4.74 Å². The molecule has 0 unspecified atom stereocenters. The standard InChI is InChI=1S/C17H17ClN4O3S/c1-3-22-11-17(12(2)20-22)26(23,24)21-15-9-13(18)6-7-16(15)25-14-5-4-8-19-10-14/h4-11,21H,3H2,1-2H3. The van der Waals surface area contributed by atoms with E-state index in [4.69, 9.17) is 16.3 Å². The van der Waals surface area contributed by atoms with Crippen molar-refractivity contribution in [3.63, 3.8) is 0 Å². The molecule has 0 aliphatic carbocycles. The molecule has 0 bridgehead atoms. The Kier molecular flexibility index (Phi) is 5.15. The normalized spacial score (nSPS) is 11.3. The first-order chi connectivity index (χ1) is 12.4. The van der Waals surface area contributed by atoms with E-state index >= 15 is 0 Å². The summed E-state index contributed by atoms with van der Waals surface area (Å²) in [5, 5.41) is 4.55. The zero-order chi connectivity index (χ0) is 18.7. The Morgan fingerprint density at radius 1 is 1.31 bits per heavy atom. The van der Waals surface area contributed by atoms with Crippen molar-refractivity contribution in [3.8, 4) is 11.5 Å². The quantitative estimate of drug-likeness (QED) is 0.688. The molecule has 3 aromatic rings. The third-order valence-electron chi connectivity index (χ3n) is 3.56. The van der Waals surface area contributed by atoms with E-state index in [-0.39, 0.29) is 10.6 Å². The largest absolute Gasteiger partial charge is 0.454 e. The summed E-state index contributed by atoms with van der Waals surface area (Å²) in [4.78, 5) is 4.08. The van der Waals surface area contributed by atoms with Crippen molar-refractivity contribution >= 4 is 27.3 Å². The molecule has 26 heavy (non-hydrogen) atoms. The van der Waals surface area contributed by atoms with Crippen LogP contribution in [0.25, 0.3) is 0 Å². The van der Waals surface area contributed by atoms with Gasteiger partial charge >= 0.3 is 0 Å². The number of sulfonamides is 1. The van der Waals surface area contributed by atoms with Crippen molar-refractivity contribution in [2.75, 3.05) is 4.72 Å². The molecule has 0 spiro atoms. The molecule has 2 heterocycles. The van der Waals surface area contributed by atoms with Gasteiger partial charge in [0.1, 0.15) is 10.6 Å². The van der Waals surface area contributed by atoms with E-state index in [1.165, 1.54) is 18.5 Å². The van der Waals surface area contributed by atoms with Crippen LogP contribution in [0.2, 0.25) is 5.02 Å². The van der Waals surface area contributed by atoms with E-state index in [2.05, 4.69) is 14.8 Å². The maximum absolute atomic E-state index is 12.8. The zero-order valence-electron chi connectivity index (χ0n) is 14.2. The van der Waals surface area contributed by atoms with Crippen molar-refractivity contribution < 1.29 is 13.2 Å². The zero-order valence-corrected chi connectivity index (χ0v) is 15.8. The predicted octanol–water partition coefficient (Wildman–Crippen LogP) is 3.85. The number of nitrogens with zero attached hydrogens (tertiary/aromatic N) is 3. The van der Waals surface area contributed by atoms with Crippen LogP contribution in [0.5, 0.6) is 11.5 Å². The molecule has 0 aliphatic heterocycles. The maximum atomic E-state index is 12.8. The van der Waals surface area contributed by atoms with Crippen LogP contribution in [-0.2, 0) is 16.6 Å². The van der Waals surface area contributed by atoms with Crippen LogP contribution in [0, 0.1) is 6.92 Å². The summed E-state index contributed by atoms with van der Waals surface area (Å²) in [5.41, 5.74) is 0.640. The van der Waals surface area contributed by atoms with Crippen molar-refractivity contribution in [2.45, 2.75) is 25.3 Å². The average molecular weight is 393 g/mol.